The third kappa shape index (κ3) is 2.57. The van der Waals surface area contributed by atoms with Crippen molar-refractivity contribution >= 4 is 50.7 Å². The summed E-state index contributed by atoms with van der Waals surface area (Å²) in [5, 5.41) is 12.7. The number of rotatable bonds is 3. The van der Waals surface area contributed by atoms with Gasteiger partial charge < -0.3 is 4.98 Å². The molecule has 0 saturated carbocycles. The minimum absolute atomic E-state index is 0.0684. The van der Waals surface area contributed by atoms with Gasteiger partial charge in [-0.3, -0.25) is 20.1 Å². The van der Waals surface area contributed by atoms with E-state index in [1.807, 2.05) is 36.4 Å². The van der Waals surface area contributed by atoms with Gasteiger partial charge in [0.25, 0.3) is 5.69 Å². The van der Waals surface area contributed by atoms with Crippen molar-refractivity contribution in [3.05, 3.63) is 82.4 Å². The van der Waals surface area contributed by atoms with Gasteiger partial charge in [0, 0.05) is 35.3 Å². The van der Waals surface area contributed by atoms with E-state index in [2.05, 4.69) is 15.0 Å². The number of nitrogens with one attached hydrogen (secondary N) is 1. The van der Waals surface area contributed by atoms with Crippen LogP contribution in [0.4, 0.5) is 5.69 Å². The molecule has 28 heavy (non-hydrogen) atoms. The van der Waals surface area contributed by atoms with Crippen molar-refractivity contribution in [3.8, 4) is 0 Å². The molecule has 0 atom stereocenters. The summed E-state index contributed by atoms with van der Waals surface area (Å²) in [6.45, 7) is 0. The number of aromatic amines is 1. The molecule has 0 amide bonds. The number of hydrogen-bond donors (Lipinski definition) is 1. The molecule has 0 radical (unpaired) electrons. The maximum Gasteiger partial charge on any atom is 0.269 e. The standard InChI is InChI=1S/C21H13N5O2/c27-26(28)14-8-5-13(6-9-14)7-10-17-24-20-15-3-1-11-22-18(15)19-16(21(20)25-17)4-2-12-23-19/h1-12H,(H,24,25)/b10-7+. The Kier molecular flexibility index (Phi) is 3.58. The highest BCUT2D eigenvalue weighted by atomic mass is 16.6. The molecule has 0 saturated heterocycles. The predicted octanol–water partition coefficient (Wildman–Crippen LogP) is 4.74. The lowest BCUT2D eigenvalue weighted by Gasteiger charge is -2.03. The number of pyridine rings is 2. The van der Waals surface area contributed by atoms with Gasteiger partial charge in [-0.05, 0) is 48.0 Å². The van der Waals surface area contributed by atoms with E-state index in [0.29, 0.717) is 5.82 Å². The largest absolute Gasteiger partial charge is 0.338 e. The number of non-ortho nitro benzene ring substituents is 1. The maximum absolute atomic E-state index is 10.8. The lowest BCUT2D eigenvalue weighted by molar-refractivity contribution is -0.384. The zero-order chi connectivity index (χ0) is 19.1. The molecule has 134 valence electrons. The van der Waals surface area contributed by atoms with Crippen molar-refractivity contribution in [2.24, 2.45) is 0 Å². The lowest BCUT2D eigenvalue weighted by Crippen LogP contribution is -1.86. The van der Waals surface area contributed by atoms with Gasteiger partial charge in [0.1, 0.15) is 5.82 Å². The number of nitro benzene ring substituents is 1. The molecule has 5 aromatic rings. The molecule has 0 unspecified atom stereocenters. The molecule has 0 aliphatic carbocycles. The quantitative estimate of drug-likeness (QED) is 0.282. The number of H-pyrrole nitrogens is 1. The molecular formula is C21H13N5O2. The third-order valence-corrected chi connectivity index (χ3v) is 4.62. The van der Waals surface area contributed by atoms with Crippen molar-refractivity contribution in [2.45, 2.75) is 0 Å². The zero-order valence-electron chi connectivity index (χ0n) is 14.5. The molecule has 7 heteroatoms. The van der Waals surface area contributed by atoms with Gasteiger partial charge in [0.2, 0.25) is 0 Å². The van der Waals surface area contributed by atoms with E-state index in [0.717, 1.165) is 38.4 Å². The van der Waals surface area contributed by atoms with Crippen LogP contribution in [0.25, 0.3) is 45.0 Å². The second-order valence-corrected chi connectivity index (χ2v) is 6.33. The van der Waals surface area contributed by atoms with Gasteiger partial charge in [0.05, 0.1) is 27.0 Å². The van der Waals surface area contributed by atoms with E-state index in [1.165, 1.54) is 12.1 Å². The molecular weight excluding hydrogens is 354 g/mol. The fraction of sp³-hybridized carbons (Fsp3) is 0. The van der Waals surface area contributed by atoms with Gasteiger partial charge in [0.15, 0.2) is 0 Å². The van der Waals surface area contributed by atoms with Crippen molar-refractivity contribution in [2.75, 3.05) is 0 Å². The molecule has 0 aliphatic heterocycles. The van der Waals surface area contributed by atoms with Gasteiger partial charge in [-0.25, -0.2) is 4.98 Å². The minimum Gasteiger partial charge on any atom is -0.338 e. The Hall–Kier alpha value is -4.13. The number of imidazole rings is 1. The summed E-state index contributed by atoms with van der Waals surface area (Å²) in [7, 11) is 0. The predicted molar refractivity (Wildman–Crippen MR) is 109 cm³/mol. The van der Waals surface area contributed by atoms with Crippen LogP contribution in [0.2, 0.25) is 0 Å². The average molecular weight is 367 g/mol. The Bertz CT molecular complexity index is 1310. The van der Waals surface area contributed by atoms with Crippen molar-refractivity contribution in [1.29, 1.82) is 0 Å². The van der Waals surface area contributed by atoms with Crippen LogP contribution in [0.15, 0.2) is 60.9 Å². The van der Waals surface area contributed by atoms with Gasteiger partial charge >= 0.3 is 0 Å². The molecule has 0 bridgehead atoms. The topological polar surface area (TPSA) is 97.6 Å². The van der Waals surface area contributed by atoms with Crippen LogP contribution in [0.5, 0.6) is 0 Å². The first-order chi connectivity index (χ1) is 13.7. The summed E-state index contributed by atoms with van der Waals surface area (Å²) < 4.78 is 0. The summed E-state index contributed by atoms with van der Waals surface area (Å²) in [4.78, 5) is 27.4. The number of hydrogen-bond acceptors (Lipinski definition) is 5. The number of fused-ring (bicyclic) bond motifs is 6. The number of benzene rings is 2. The van der Waals surface area contributed by atoms with Crippen LogP contribution in [0, 0.1) is 10.1 Å². The summed E-state index contributed by atoms with van der Waals surface area (Å²) in [6, 6.07) is 14.1. The lowest BCUT2D eigenvalue weighted by atomic mass is 10.1. The highest BCUT2D eigenvalue weighted by molar-refractivity contribution is 6.20. The summed E-state index contributed by atoms with van der Waals surface area (Å²) >= 11 is 0. The molecule has 0 aliphatic rings. The SMILES string of the molecule is O=[N+]([O-])c1ccc(/C=C/c2nc3c4cccnc4c4ncccc4c3[nH]2)cc1. The number of nitrogens with zero attached hydrogens (tertiary/aromatic N) is 4. The summed E-state index contributed by atoms with van der Waals surface area (Å²) in [5.41, 5.74) is 4.32. The first kappa shape index (κ1) is 16.1. The summed E-state index contributed by atoms with van der Waals surface area (Å²) in [6.07, 6.45) is 7.23. The Morgan fingerprint density at radius 2 is 1.54 bits per heavy atom. The van der Waals surface area contributed by atoms with Crippen molar-refractivity contribution in [1.82, 2.24) is 19.9 Å². The molecule has 1 N–H and O–H groups in total. The van der Waals surface area contributed by atoms with Crippen LogP contribution < -0.4 is 0 Å². The van der Waals surface area contributed by atoms with Crippen molar-refractivity contribution in [3.63, 3.8) is 0 Å². The third-order valence-electron chi connectivity index (χ3n) is 4.62. The fourth-order valence-corrected chi connectivity index (χ4v) is 3.32. The van der Waals surface area contributed by atoms with Crippen LogP contribution in [-0.4, -0.2) is 24.9 Å². The normalized spacial score (nSPS) is 11.7. The van der Waals surface area contributed by atoms with Crippen LogP contribution >= 0.6 is 0 Å². The van der Waals surface area contributed by atoms with Crippen molar-refractivity contribution < 1.29 is 4.92 Å². The Labute approximate surface area is 158 Å². The van der Waals surface area contributed by atoms with E-state index >= 15 is 0 Å². The highest BCUT2D eigenvalue weighted by Gasteiger charge is 2.13. The Morgan fingerprint density at radius 3 is 2.25 bits per heavy atom. The van der Waals surface area contributed by atoms with E-state index in [9.17, 15) is 10.1 Å². The van der Waals surface area contributed by atoms with Crippen LogP contribution in [0.1, 0.15) is 11.4 Å². The Morgan fingerprint density at radius 1 is 0.857 bits per heavy atom. The molecule has 2 aromatic carbocycles. The molecule has 3 heterocycles. The molecule has 7 nitrogen and oxygen atoms in total. The molecule has 5 rings (SSSR count). The highest BCUT2D eigenvalue weighted by Crippen LogP contribution is 2.31. The molecule has 0 fully saturated rings. The number of aromatic nitrogens is 4. The van der Waals surface area contributed by atoms with Crippen LogP contribution in [0.3, 0.4) is 0 Å². The van der Waals surface area contributed by atoms with E-state index in [1.54, 1.807) is 24.5 Å². The first-order valence-corrected chi connectivity index (χ1v) is 8.64. The fourth-order valence-electron chi connectivity index (χ4n) is 3.32. The molecule has 3 aromatic heterocycles. The van der Waals surface area contributed by atoms with E-state index in [-0.39, 0.29) is 5.69 Å². The monoisotopic (exact) mass is 367 g/mol. The Balaban J connectivity index is 1.64. The van der Waals surface area contributed by atoms with Gasteiger partial charge in [-0.1, -0.05) is 6.08 Å². The minimum atomic E-state index is -0.412. The smallest absolute Gasteiger partial charge is 0.269 e. The van der Waals surface area contributed by atoms with Gasteiger partial charge in [-0.2, -0.15) is 0 Å². The zero-order valence-corrected chi connectivity index (χ0v) is 14.5. The first-order valence-electron chi connectivity index (χ1n) is 8.64. The second kappa shape index (κ2) is 6.24. The van der Waals surface area contributed by atoms with E-state index < -0.39 is 4.92 Å². The van der Waals surface area contributed by atoms with E-state index in [4.69, 9.17) is 4.98 Å². The maximum atomic E-state index is 10.8. The number of nitro groups is 1. The average Bonchev–Trinajstić information content (AvgIpc) is 3.17. The van der Waals surface area contributed by atoms with Crippen LogP contribution in [-0.2, 0) is 0 Å². The van der Waals surface area contributed by atoms with Gasteiger partial charge in [-0.15, -0.1) is 0 Å². The molecule has 0 spiro atoms. The second-order valence-electron chi connectivity index (χ2n) is 6.33. The summed E-state index contributed by atoms with van der Waals surface area (Å²) in [5.74, 6) is 0.690.